The maximum atomic E-state index is 11.7. The van der Waals surface area contributed by atoms with Crippen molar-refractivity contribution in [2.75, 3.05) is 13.7 Å². The van der Waals surface area contributed by atoms with Gasteiger partial charge in [0.2, 0.25) is 0 Å². The molecule has 3 rings (SSSR count). The molecule has 0 fully saturated rings. The lowest BCUT2D eigenvalue weighted by atomic mass is 9.98. The van der Waals surface area contributed by atoms with Crippen LogP contribution in [0.1, 0.15) is 36.6 Å². The second kappa shape index (κ2) is 4.85. The fourth-order valence-corrected chi connectivity index (χ4v) is 2.88. The Hall–Kier alpha value is -1.97. The molecule has 0 saturated carbocycles. The van der Waals surface area contributed by atoms with Crippen LogP contribution in [-0.2, 0) is 17.7 Å². The molecule has 0 spiro atoms. The predicted molar refractivity (Wildman–Crippen MR) is 78.9 cm³/mol. The van der Waals surface area contributed by atoms with Crippen molar-refractivity contribution in [3.8, 4) is 0 Å². The monoisotopic (exact) mass is 272 g/mol. The topological polar surface area (TPSA) is 45.3 Å². The predicted octanol–water partition coefficient (Wildman–Crippen LogP) is 3.42. The van der Waals surface area contributed by atoms with Crippen molar-refractivity contribution >= 4 is 17.0 Å². The highest BCUT2D eigenvalue weighted by molar-refractivity contribution is 5.86. The molecule has 0 radical (unpaired) electrons. The Balaban J connectivity index is 2.04. The van der Waals surface area contributed by atoms with Crippen molar-refractivity contribution in [2.24, 2.45) is 0 Å². The van der Waals surface area contributed by atoms with Crippen molar-refractivity contribution in [3.63, 3.8) is 0 Å². The summed E-state index contributed by atoms with van der Waals surface area (Å²) in [6, 6.07) is 6.56. The number of nitrogens with one attached hydrogen (secondary N) is 1. The van der Waals surface area contributed by atoms with Gasteiger partial charge in [-0.05, 0) is 23.6 Å². The minimum atomic E-state index is -0.245. The number of ether oxygens (including phenoxy) is 1. The van der Waals surface area contributed by atoms with E-state index >= 15 is 0 Å². The number of H-pyrrole nitrogens is 1. The third-order valence-electron chi connectivity index (χ3n) is 4.10. The number of rotatable bonds is 1. The van der Waals surface area contributed by atoms with Gasteiger partial charge in [0.15, 0.2) is 0 Å². The van der Waals surface area contributed by atoms with Gasteiger partial charge in [-0.2, -0.15) is 0 Å². The third kappa shape index (κ3) is 2.05. The van der Waals surface area contributed by atoms with Gasteiger partial charge in [-0.25, -0.2) is 4.79 Å². The third-order valence-corrected chi connectivity index (χ3v) is 4.10. The summed E-state index contributed by atoms with van der Waals surface area (Å²) in [5.41, 5.74) is 4.97. The summed E-state index contributed by atoms with van der Waals surface area (Å²) >= 11 is 0. The molecule has 1 aromatic heterocycles. The summed E-state index contributed by atoms with van der Waals surface area (Å²) in [6.45, 7) is 5.73. The largest absolute Gasteiger partial charge is 0.453 e. The molecule has 1 amide bonds. The van der Waals surface area contributed by atoms with E-state index in [9.17, 15) is 4.79 Å². The molecule has 106 valence electrons. The number of aromatic amines is 1. The van der Waals surface area contributed by atoms with E-state index in [4.69, 9.17) is 4.74 Å². The number of carbonyl (C=O) groups is 1. The van der Waals surface area contributed by atoms with Crippen molar-refractivity contribution in [3.05, 3.63) is 35.0 Å². The van der Waals surface area contributed by atoms with Gasteiger partial charge in [-0.3, -0.25) is 0 Å². The zero-order valence-corrected chi connectivity index (χ0v) is 12.2. The first-order chi connectivity index (χ1) is 9.60. The molecule has 0 atom stereocenters. The van der Waals surface area contributed by atoms with Crippen molar-refractivity contribution in [2.45, 2.75) is 32.7 Å². The second-order valence-electron chi connectivity index (χ2n) is 5.68. The van der Waals surface area contributed by atoms with Gasteiger partial charge in [-0.15, -0.1) is 0 Å². The standard InChI is InChI=1S/C16H20N2O2/c1-10(2)11-4-5-14-12(8-11)13-9-18(16(19)20-3)7-6-15(13)17-14/h4-5,8,10,17H,6-7,9H2,1-3H3. The zero-order valence-electron chi connectivity index (χ0n) is 12.2. The smallest absolute Gasteiger partial charge is 0.409 e. The highest BCUT2D eigenvalue weighted by Gasteiger charge is 2.24. The minimum Gasteiger partial charge on any atom is -0.453 e. The number of amides is 1. The van der Waals surface area contributed by atoms with Crippen LogP contribution in [0, 0.1) is 0 Å². The fraction of sp³-hybridized carbons (Fsp3) is 0.438. The maximum Gasteiger partial charge on any atom is 0.409 e. The number of benzene rings is 1. The van der Waals surface area contributed by atoms with Crippen molar-refractivity contribution < 1.29 is 9.53 Å². The summed E-state index contributed by atoms with van der Waals surface area (Å²) in [5, 5.41) is 1.24. The average Bonchev–Trinajstić information content (AvgIpc) is 2.83. The first-order valence-corrected chi connectivity index (χ1v) is 7.06. The van der Waals surface area contributed by atoms with Gasteiger partial charge in [0.25, 0.3) is 0 Å². The summed E-state index contributed by atoms with van der Waals surface area (Å²) in [7, 11) is 1.43. The molecule has 0 saturated heterocycles. The number of aromatic nitrogens is 1. The van der Waals surface area contributed by atoms with E-state index in [1.165, 1.54) is 29.3 Å². The van der Waals surface area contributed by atoms with Crippen LogP contribution in [-0.4, -0.2) is 29.6 Å². The highest BCUT2D eigenvalue weighted by atomic mass is 16.5. The summed E-state index contributed by atoms with van der Waals surface area (Å²) in [6.07, 6.45) is 0.612. The van der Waals surface area contributed by atoms with E-state index < -0.39 is 0 Å². The molecule has 0 unspecified atom stereocenters. The van der Waals surface area contributed by atoms with Crippen LogP contribution in [0.2, 0.25) is 0 Å². The van der Waals surface area contributed by atoms with Crippen LogP contribution in [0.25, 0.3) is 10.9 Å². The molecule has 1 N–H and O–H groups in total. The lowest BCUT2D eigenvalue weighted by Crippen LogP contribution is -2.35. The van der Waals surface area contributed by atoms with E-state index in [2.05, 4.69) is 37.0 Å². The Bertz CT molecular complexity index is 658. The van der Waals surface area contributed by atoms with Crippen LogP contribution >= 0.6 is 0 Å². The van der Waals surface area contributed by atoms with E-state index in [-0.39, 0.29) is 6.09 Å². The maximum absolute atomic E-state index is 11.7. The molecule has 2 aromatic rings. The lowest BCUT2D eigenvalue weighted by Gasteiger charge is -2.25. The van der Waals surface area contributed by atoms with Crippen LogP contribution in [0.4, 0.5) is 4.79 Å². The quantitative estimate of drug-likeness (QED) is 0.864. The highest BCUT2D eigenvalue weighted by Crippen LogP contribution is 2.30. The molecule has 1 aliphatic rings. The van der Waals surface area contributed by atoms with E-state index in [0.29, 0.717) is 19.0 Å². The van der Waals surface area contributed by atoms with E-state index in [1.807, 2.05) is 0 Å². The Morgan fingerprint density at radius 1 is 1.40 bits per heavy atom. The Morgan fingerprint density at radius 3 is 2.90 bits per heavy atom. The Labute approximate surface area is 118 Å². The molecule has 20 heavy (non-hydrogen) atoms. The molecule has 4 nitrogen and oxygen atoms in total. The molecule has 2 heterocycles. The first-order valence-electron chi connectivity index (χ1n) is 7.06. The van der Waals surface area contributed by atoms with Gasteiger partial charge in [0, 0.05) is 35.1 Å². The SMILES string of the molecule is COC(=O)N1CCc2[nH]c3ccc(C(C)C)cc3c2C1. The molecule has 1 aliphatic heterocycles. The average molecular weight is 272 g/mol. The molecular formula is C16H20N2O2. The fourth-order valence-electron chi connectivity index (χ4n) is 2.88. The first kappa shape index (κ1) is 13.0. The molecule has 1 aromatic carbocycles. The van der Waals surface area contributed by atoms with Crippen molar-refractivity contribution in [1.29, 1.82) is 0 Å². The van der Waals surface area contributed by atoms with Crippen LogP contribution in [0.15, 0.2) is 18.2 Å². The van der Waals surface area contributed by atoms with E-state index in [0.717, 1.165) is 11.9 Å². The summed E-state index contributed by atoms with van der Waals surface area (Å²) < 4.78 is 4.83. The number of hydrogen-bond acceptors (Lipinski definition) is 2. The van der Waals surface area contributed by atoms with Gasteiger partial charge < -0.3 is 14.6 Å². The number of hydrogen-bond donors (Lipinski definition) is 1. The molecule has 4 heteroatoms. The van der Waals surface area contributed by atoms with Crippen LogP contribution < -0.4 is 0 Å². The lowest BCUT2D eigenvalue weighted by molar-refractivity contribution is 0.119. The number of fused-ring (bicyclic) bond motifs is 3. The Morgan fingerprint density at radius 2 is 2.20 bits per heavy atom. The summed E-state index contributed by atoms with van der Waals surface area (Å²) in [4.78, 5) is 16.9. The molecule has 0 bridgehead atoms. The van der Waals surface area contributed by atoms with Gasteiger partial charge in [0.1, 0.15) is 0 Å². The van der Waals surface area contributed by atoms with Crippen LogP contribution in [0.5, 0.6) is 0 Å². The number of carbonyl (C=O) groups excluding carboxylic acids is 1. The molecular weight excluding hydrogens is 252 g/mol. The summed E-state index contributed by atoms with van der Waals surface area (Å²) in [5.74, 6) is 0.505. The second-order valence-corrected chi connectivity index (χ2v) is 5.68. The van der Waals surface area contributed by atoms with Gasteiger partial charge in [-0.1, -0.05) is 19.9 Å². The van der Waals surface area contributed by atoms with Gasteiger partial charge in [0.05, 0.1) is 13.7 Å². The van der Waals surface area contributed by atoms with E-state index in [1.54, 1.807) is 4.90 Å². The number of nitrogens with zero attached hydrogens (tertiary/aromatic N) is 1. The van der Waals surface area contributed by atoms with Crippen LogP contribution in [0.3, 0.4) is 0 Å². The van der Waals surface area contributed by atoms with Gasteiger partial charge >= 0.3 is 6.09 Å². The Kier molecular flexibility index (Phi) is 3.16. The zero-order chi connectivity index (χ0) is 14.3. The van der Waals surface area contributed by atoms with Crippen molar-refractivity contribution in [1.82, 2.24) is 9.88 Å². The number of methoxy groups -OCH3 is 1. The molecule has 0 aliphatic carbocycles. The normalized spacial score (nSPS) is 14.7. The minimum absolute atomic E-state index is 0.245.